The van der Waals surface area contributed by atoms with Crippen LogP contribution in [0.3, 0.4) is 0 Å². The van der Waals surface area contributed by atoms with Crippen LogP contribution in [0.4, 0.5) is 9.57 Å². The van der Waals surface area contributed by atoms with Crippen LogP contribution in [0.1, 0.15) is 12.8 Å². The van der Waals surface area contributed by atoms with Gasteiger partial charge in [0, 0.05) is 30.9 Å². The average Bonchev–Trinajstić information content (AvgIpc) is 3.05. The summed E-state index contributed by atoms with van der Waals surface area (Å²) in [6.07, 6.45) is 4.78. The molecule has 134 valence electrons. The number of carbonyl (C=O) groups is 2. The number of likely N-dealkylation sites (N-methyl/N-ethyl adjacent to an activating group) is 1. The van der Waals surface area contributed by atoms with Crippen molar-refractivity contribution in [3.8, 4) is 0 Å². The van der Waals surface area contributed by atoms with Crippen molar-refractivity contribution in [2.24, 2.45) is 0 Å². The van der Waals surface area contributed by atoms with Gasteiger partial charge in [-0.1, -0.05) is 0 Å². The van der Waals surface area contributed by atoms with E-state index in [1.165, 1.54) is 3.97 Å². The van der Waals surface area contributed by atoms with E-state index in [1.807, 2.05) is 6.07 Å². The lowest BCUT2D eigenvalue weighted by Gasteiger charge is -2.41. The molecule has 2 N–H and O–H groups in total. The van der Waals surface area contributed by atoms with Crippen molar-refractivity contribution < 1.29 is 13.5 Å². The molecule has 2 aromatic rings. The number of piperidine rings is 1. The van der Waals surface area contributed by atoms with Crippen molar-refractivity contribution >= 4 is 57.3 Å². The third kappa shape index (κ3) is 3.13. The van der Waals surface area contributed by atoms with Crippen LogP contribution >= 0.6 is 28.3 Å². The van der Waals surface area contributed by atoms with E-state index >= 15 is 0 Å². The Bertz CT molecular complexity index is 807. The summed E-state index contributed by atoms with van der Waals surface area (Å²) in [5, 5.41) is 6.15. The highest BCUT2D eigenvalue weighted by Crippen LogP contribution is 2.37. The van der Waals surface area contributed by atoms with E-state index in [9.17, 15) is 13.5 Å². The fourth-order valence-corrected chi connectivity index (χ4v) is 4.18. The van der Waals surface area contributed by atoms with E-state index in [0.717, 1.165) is 15.5 Å². The van der Waals surface area contributed by atoms with E-state index in [1.54, 1.807) is 19.4 Å². The first-order valence-corrected chi connectivity index (χ1v) is 9.16. The maximum atomic E-state index is 13.0. The maximum Gasteiger partial charge on any atom is 0.246 e. The summed E-state index contributed by atoms with van der Waals surface area (Å²) >= 11 is 3.63. The molecule has 0 bridgehead atoms. The van der Waals surface area contributed by atoms with Gasteiger partial charge in [0.15, 0.2) is 18.0 Å². The standard InChI is InChI=1S/C15H17BrFN5O2S/c1-18-15(14(24)20-9-23)3-6-21(7-4-15)12-10-2-5-22(25-17)13(10)19-8-11(12)16/h2,5,8-9,18H,3-4,6-7H2,1H3,(H,20,23,24). The Morgan fingerprint density at radius 2 is 2.20 bits per heavy atom. The predicted octanol–water partition coefficient (Wildman–Crippen LogP) is 2.01. The zero-order valence-electron chi connectivity index (χ0n) is 13.5. The Hall–Kier alpha value is -1.65. The van der Waals surface area contributed by atoms with Crippen LogP contribution in [0.2, 0.25) is 0 Å². The van der Waals surface area contributed by atoms with Crippen LogP contribution in [0.15, 0.2) is 22.9 Å². The normalized spacial score (nSPS) is 16.8. The molecule has 0 unspecified atom stereocenters. The number of fused-ring (bicyclic) bond motifs is 1. The lowest BCUT2D eigenvalue weighted by molar-refractivity contribution is -0.131. The van der Waals surface area contributed by atoms with Gasteiger partial charge in [-0.25, -0.2) is 8.96 Å². The number of rotatable bonds is 5. The number of amides is 2. The van der Waals surface area contributed by atoms with Gasteiger partial charge in [0.1, 0.15) is 5.54 Å². The number of carbonyl (C=O) groups excluding carboxylic acids is 2. The van der Waals surface area contributed by atoms with Crippen molar-refractivity contribution in [3.63, 3.8) is 0 Å². The fourth-order valence-electron chi connectivity index (χ4n) is 3.30. The van der Waals surface area contributed by atoms with Gasteiger partial charge < -0.3 is 10.2 Å². The Labute approximate surface area is 156 Å². The molecule has 1 aliphatic rings. The Morgan fingerprint density at radius 3 is 2.80 bits per heavy atom. The number of aromatic nitrogens is 2. The number of halogens is 2. The van der Waals surface area contributed by atoms with Crippen LogP contribution in [-0.4, -0.2) is 46.9 Å². The van der Waals surface area contributed by atoms with Crippen molar-refractivity contribution in [1.29, 1.82) is 0 Å². The summed E-state index contributed by atoms with van der Waals surface area (Å²) in [7, 11) is 1.72. The number of pyridine rings is 1. The lowest BCUT2D eigenvalue weighted by atomic mass is 9.86. The van der Waals surface area contributed by atoms with Crippen molar-refractivity contribution in [2.45, 2.75) is 18.4 Å². The largest absolute Gasteiger partial charge is 0.370 e. The molecule has 0 spiro atoms. The van der Waals surface area contributed by atoms with E-state index in [0.29, 0.717) is 38.0 Å². The molecule has 7 nitrogen and oxygen atoms in total. The summed E-state index contributed by atoms with van der Waals surface area (Å²) < 4.78 is 15.2. The first kappa shape index (κ1) is 18.2. The van der Waals surface area contributed by atoms with Crippen molar-refractivity contribution in [1.82, 2.24) is 19.6 Å². The predicted molar refractivity (Wildman–Crippen MR) is 99.0 cm³/mol. The molecule has 2 amide bonds. The monoisotopic (exact) mass is 429 g/mol. The Balaban J connectivity index is 1.89. The number of nitrogens with zero attached hydrogens (tertiary/aromatic N) is 3. The Kier molecular flexibility index (Phi) is 5.30. The number of hydrogen-bond donors (Lipinski definition) is 2. The van der Waals surface area contributed by atoms with Gasteiger partial charge in [-0.2, -0.15) is 0 Å². The van der Waals surface area contributed by atoms with Crippen molar-refractivity contribution in [2.75, 3.05) is 25.0 Å². The van der Waals surface area contributed by atoms with Crippen LogP contribution in [-0.2, 0) is 9.59 Å². The van der Waals surface area contributed by atoms with Crippen LogP contribution in [0, 0.1) is 0 Å². The maximum absolute atomic E-state index is 13.0. The zero-order chi connectivity index (χ0) is 18.0. The topological polar surface area (TPSA) is 79.3 Å². The highest BCUT2D eigenvalue weighted by atomic mass is 79.9. The molecule has 0 aromatic carbocycles. The second kappa shape index (κ2) is 7.30. The lowest BCUT2D eigenvalue weighted by Crippen LogP contribution is -2.60. The molecule has 1 fully saturated rings. The SMILES string of the molecule is CNC1(C(=O)NC=O)CCN(c2c(Br)cnc3c2ccn3SF)CC1. The molecule has 3 rings (SSSR count). The van der Waals surface area contributed by atoms with E-state index in [2.05, 4.69) is 36.4 Å². The number of anilines is 1. The van der Waals surface area contributed by atoms with Crippen LogP contribution in [0.25, 0.3) is 11.0 Å². The van der Waals surface area contributed by atoms with Gasteiger partial charge in [0.2, 0.25) is 12.3 Å². The third-order valence-corrected chi connectivity index (χ3v) is 5.74. The molecule has 25 heavy (non-hydrogen) atoms. The van der Waals surface area contributed by atoms with Crippen LogP contribution in [0.5, 0.6) is 0 Å². The highest BCUT2D eigenvalue weighted by Gasteiger charge is 2.40. The molecule has 0 aliphatic carbocycles. The summed E-state index contributed by atoms with van der Waals surface area (Å²) in [6, 6.07) is 1.83. The third-order valence-electron chi connectivity index (χ3n) is 4.72. The highest BCUT2D eigenvalue weighted by molar-refractivity contribution is 9.10. The summed E-state index contributed by atoms with van der Waals surface area (Å²) in [6.45, 7) is 1.22. The second-order valence-corrected chi connectivity index (χ2v) is 7.20. The molecular formula is C15H17BrFN5O2S. The van der Waals surface area contributed by atoms with E-state index < -0.39 is 5.54 Å². The smallest absolute Gasteiger partial charge is 0.246 e. The molecule has 2 aromatic heterocycles. The number of hydrogen-bond acceptors (Lipinski definition) is 6. The van der Waals surface area contributed by atoms with Crippen LogP contribution < -0.4 is 15.5 Å². The Morgan fingerprint density at radius 1 is 1.48 bits per heavy atom. The van der Waals surface area contributed by atoms with Crippen molar-refractivity contribution in [3.05, 3.63) is 22.9 Å². The second-order valence-electron chi connectivity index (χ2n) is 5.81. The fraction of sp³-hybridized carbons (Fsp3) is 0.400. The molecule has 0 radical (unpaired) electrons. The van der Waals surface area contributed by atoms with Gasteiger partial charge in [0.05, 0.1) is 10.2 Å². The average molecular weight is 430 g/mol. The quantitative estimate of drug-likeness (QED) is 0.707. The summed E-state index contributed by atoms with van der Waals surface area (Å²) in [5.74, 6) is -0.316. The van der Waals surface area contributed by atoms with Gasteiger partial charge in [-0.05, 0) is 41.9 Å². The number of imide groups is 1. The minimum absolute atomic E-state index is 0.103. The van der Waals surface area contributed by atoms with E-state index in [4.69, 9.17) is 0 Å². The first-order chi connectivity index (χ1) is 12.1. The molecule has 0 atom stereocenters. The molecule has 0 saturated carbocycles. The van der Waals surface area contributed by atoms with Gasteiger partial charge in [0.25, 0.3) is 0 Å². The molecular weight excluding hydrogens is 413 g/mol. The number of nitrogens with one attached hydrogen (secondary N) is 2. The summed E-state index contributed by atoms with van der Waals surface area (Å²) in [5.41, 5.74) is 0.713. The summed E-state index contributed by atoms with van der Waals surface area (Å²) in [4.78, 5) is 29.3. The van der Waals surface area contributed by atoms with E-state index in [-0.39, 0.29) is 18.2 Å². The molecule has 10 heteroatoms. The van der Waals surface area contributed by atoms with Gasteiger partial charge in [-0.15, -0.1) is 3.89 Å². The molecule has 1 saturated heterocycles. The minimum Gasteiger partial charge on any atom is -0.370 e. The molecule has 1 aliphatic heterocycles. The molecule has 3 heterocycles. The van der Waals surface area contributed by atoms with Gasteiger partial charge >= 0.3 is 0 Å². The minimum atomic E-state index is -0.767. The zero-order valence-corrected chi connectivity index (χ0v) is 15.9. The first-order valence-electron chi connectivity index (χ1n) is 7.69. The van der Waals surface area contributed by atoms with Gasteiger partial charge in [-0.3, -0.25) is 14.9 Å².